The summed E-state index contributed by atoms with van der Waals surface area (Å²) in [4.78, 5) is 16.4. The minimum atomic E-state index is -1.04. The van der Waals surface area contributed by atoms with E-state index in [1.165, 1.54) is 24.5 Å². The second-order valence-electron chi connectivity index (χ2n) is 5.32. The van der Waals surface area contributed by atoms with Gasteiger partial charge in [-0.15, -0.1) is 11.3 Å². The number of benzene rings is 2. The minimum Gasteiger partial charge on any atom is -0.493 e. The van der Waals surface area contributed by atoms with Crippen LogP contribution in [0.1, 0.15) is 10.5 Å². The third-order valence-electron chi connectivity index (χ3n) is 3.55. The highest BCUT2D eigenvalue weighted by molar-refractivity contribution is 7.14. The molecule has 0 atom stereocenters. The molecule has 1 amide bonds. The van der Waals surface area contributed by atoms with E-state index >= 15 is 0 Å². The zero-order chi connectivity index (χ0) is 19.4. The summed E-state index contributed by atoms with van der Waals surface area (Å²) in [7, 11) is 3.08. The lowest BCUT2D eigenvalue weighted by Gasteiger charge is -2.09. The molecule has 27 heavy (non-hydrogen) atoms. The minimum absolute atomic E-state index is 0.140. The van der Waals surface area contributed by atoms with Crippen LogP contribution in [0.5, 0.6) is 11.5 Å². The predicted molar refractivity (Wildman–Crippen MR) is 99.3 cm³/mol. The number of rotatable bonds is 6. The first-order valence-corrected chi connectivity index (χ1v) is 8.59. The standard InChI is InChI=1S/C18H15F2N3O3S/c1-25-15-6-4-11(8-16(15)26-2)22-18-23-14(9-27-18)17(24)21-10-3-5-12(19)13(20)7-10/h3-9H,1-2H3,(H,21,24)(H,22,23). The van der Waals surface area contributed by atoms with Crippen molar-refractivity contribution in [3.8, 4) is 11.5 Å². The van der Waals surface area contributed by atoms with Crippen LogP contribution in [-0.4, -0.2) is 25.1 Å². The van der Waals surface area contributed by atoms with Gasteiger partial charge in [0.05, 0.1) is 14.2 Å². The lowest BCUT2D eigenvalue weighted by molar-refractivity contribution is 0.102. The number of hydrogen-bond acceptors (Lipinski definition) is 6. The van der Waals surface area contributed by atoms with Crippen molar-refractivity contribution in [2.24, 2.45) is 0 Å². The van der Waals surface area contributed by atoms with Crippen LogP contribution in [0.4, 0.5) is 25.3 Å². The summed E-state index contributed by atoms with van der Waals surface area (Å²) in [6.45, 7) is 0. The number of methoxy groups -OCH3 is 2. The topological polar surface area (TPSA) is 72.5 Å². The zero-order valence-electron chi connectivity index (χ0n) is 14.4. The maximum Gasteiger partial charge on any atom is 0.275 e. The van der Waals surface area contributed by atoms with Crippen molar-refractivity contribution < 1.29 is 23.0 Å². The molecule has 0 saturated carbocycles. The van der Waals surface area contributed by atoms with Gasteiger partial charge in [0.1, 0.15) is 5.69 Å². The van der Waals surface area contributed by atoms with Crippen LogP contribution in [0.15, 0.2) is 41.8 Å². The van der Waals surface area contributed by atoms with Gasteiger partial charge in [0.2, 0.25) is 0 Å². The maximum atomic E-state index is 13.2. The fourth-order valence-corrected chi connectivity index (χ4v) is 2.95. The smallest absolute Gasteiger partial charge is 0.275 e. The summed E-state index contributed by atoms with van der Waals surface area (Å²) in [6.07, 6.45) is 0. The van der Waals surface area contributed by atoms with Crippen molar-refractivity contribution in [2.45, 2.75) is 0 Å². The first kappa shape index (κ1) is 18.6. The van der Waals surface area contributed by atoms with Crippen LogP contribution in [0.2, 0.25) is 0 Å². The van der Waals surface area contributed by atoms with Crippen LogP contribution in [0, 0.1) is 11.6 Å². The number of halogens is 2. The Balaban J connectivity index is 1.70. The van der Waals surface area contributed by atoms with Gasteiger partial charge in [0.25, 0.3) is 5.91 Å². The fraction of sp³-hybridized carbons (Fsp3) is 0.111. The van der Waals surface area contributed by atoms with Gasteiger partial charge < -0.3 is 20.1 Å². The van der Waals surface area contributed by atoms with Gasteiger partial charge in [-0.1, -0.05) is 0 Å². The average Bonchev–Trinajstić information content (AvgIpc) is 3.13. The van der Waals surface area contributed by atoms with Gasteiger partial charge in [-0.2, -0.15) is 0 Å². The molecule has 2 aromatic carbocycles. The van der Waals surface area contributed by atoms with Crippen molar-refractivity contribution in [3.63, 3.8) is 0 Å². The lowest BCUT2D eigenvalue weighted by atomic mass is 10.3. The van der Waals surface area contributed by atoms with Crippen LogP contribution in [-0.2, 0) is 0 Å². The number of carbonyl (C=O) groups excluding carboxylic acids is 1. The molecule has 3 aromatic rings. The van der Waals surface area contributed by atoms with Crippen molar-refractivity contribution in [2.75, 3.05) is 24.9 Å². The predicted octanol–water partition coefficient (Wildman–Crippen LogP) is 4.43. The average molecular weight is 391 g/mol. The van der Waals surface area contributed by atoms with E-state index < -0.39 is 17.5 Å². The maximum absolute atomic E-state index is 13.2. The number of nitrogens with one attached hydrogen (secondary N) is 2. The molecule has 1 heterocycles. The first-order chi connectivity index (χ1) is 13.0. The van der Waals surface area contributed by atoms with Gasteiger partial charge >= 0.3 is 0 Å². The lowest BCUT2D eigenvalue weighted by Crippen LogP contribution is -2.12. The molecule has 0 fully saturated rings. The van der Waals surface area contributed by atoms with E-state index in [9.17, 15) is 13.6 Å². The van der Waals surface area contributed by atoms with Gasteiger partial charge in [0.15, 0.2) is 28.3 Å². The molecule has 6 nitrogen and oxygen atoms in total. The Morgan fingerprint density at radius 2 is 1.74 bits per heavy atom. The molecule has 0 bridgehead atoms. The Morgan fingerprint density at radius 3 is 2.44 bits per heavy atom. The second-order valence-corrected chi connectivity index (χ2v) is 6.17. The van der Waals surface area contributed by atoms with E-state index in [2.05, 4.69) is 15.6 Å². The molecular formula is C18H15F2N3O3S. The normalized spacial score (nSPS) is 10.4. The molecule has 0 aliphatic carbocycles. The number of thiazole rings is 1. The Hall–Kier alpha value is -3.20. The Kier molecular flexibility index (Phi) is 5.51. The molecular weight excluding hydrogens is 376 g/mol. The van der Waals surface area contributed by atoms with Gasteiger partial charge in [-0.05, 0) is 24.3 Å². The second kappa shape index (κ2) is 8.00. The highest BCUT2D eigenvalue weighted by Crippen LogP contribution is 2.31. The SMILES string of the molecule is COc1ccc(Nc2nc(C(=O)Nc3ccc(F)c(F)c3)cs2)cc1OC. The highest BCUT2D eigenvalue weighted by atomic mass is 32.1. The molecule has 0 aliphatic heterocycles. The monoisotopic (exact) mass is 391 g/mol. The molecule has 0 saturated heterocycles. The molecule has 140 valence electrons. The number of hydrogen-bond donors (Lipinski definition) is 2. The Morgan fingerprint density at radius 1 is 1.00 bits per heavy atom. The third kappa shape index (κ3) is 4.32. The third-order valence-corrected chi connectivity index (χ3v) is 4.31. The molecule has 0 aliphatic rings. The Bertz CT molecular complexity index is 978. The molecule has 1 aromatic heterocycles. The number of aromatic nitrogens is 1. The number of amides is 1. The number of nitrogens with zero attached hydrogens (tertiary/aromatic N) is 1. The number of anilines is 3. The van der Waals surface area contributed by atoms with Gasteiger partial charge in [-0.25, -0.2) is 13.8 Å². The van der Waals surface area contributed by atoms with E-state index in [0.29, 0.717) is 22.3 Å². The van der Waals surface area contributed by atoms with Crippen LogP contribution < -0.4 is 20.1 Å². The molecule has 0 radical (unpaired) electrons. The molecule has 0 spiro atoms. The van der Waals surface area contributed by atoms with Crippen molar-refractivity contribution in [1.82, 2.24) is 4.98 Å². The van der Waals surface area contributed by atoms with E-state index in [-0.39, 0.29) is 11.4 Å². The van der Waals surface area contributed by atoms with Crippen LogP contribution >= 0.6 is 11.3 Å². The summed E-state index contributed by atoms with van der Waals surface area (Å²) in [6, 6.07) is 8.38. The summed E-state index contributed by atoms with van der Waals surface area (Å²) in [5.41, 5.74) is 0.989. The van der Waals surface area contributed by atoms with Gasteiger partial charge in [-0.3, -0.25) is 4.79 Å². The van der Waals surface area contributed by atoms with E-state index in [0.717, 1.165) is 12.1 Å². The highest BCUT2D eigenvalue weighted by Gasteiger charge is 2.13. The molecule has 0 unspecified atom stereocenters. The van der Waals surface area contributed by atoms with E-state index in [4.69, 9.17) is 9.47 Å². The number of carbonyl (C=O) groups is 1. The summed E-state index contributed by atoms with van der Waals surface area (Å²) < 4.78 is 36.6. The van der Waals surface area contributed by atoms with Crippen molar-refractivity contribution in [3.05, 3.63) is 59.1 Å². The van der Waals surface area contributed by atoms with Gasteiger partial charge in [0, 0.05) is 28.9 Å². The summed E-state index contributed by atoms with van der Waals surface area (Å²) in [5.74, 6) is -1.41. The fourth-order valence-electron chi connectivity index (χ4n) is 2.24. The van der Waals surface area contributed by atoms with Crippen molar-refractivity contribution in [1.29, 1.82) is 0 Å². The van der Waals surface area contributed by atoms with Crippen molar-refractivity contribution >= 4 is 33.8 Å². The van der Waals surface area contributed by atoms with Crippen LogP contribution in [0.3, 0.4) is 0 Å². The molecule has 2 N–H and O–H groups in total. The summed E-state index contributed by atoms with van der Waals surface area (Å²) in [5, 5.41) is 7.58. The van der Waals surface area contributed by atoms with E-state index in [1.807, 2.05) is 0 Å². The Labute approximate surface area is 157 Å². The van der Waals surface area contributed by atoms with E-state index in [1.54, 1.807) is 30.7 Å². The van der Waals surface area contributed by atoms with Crippen LogP contribution in [0.25, 0.3) is 0 Å². The largest absolute Gasteiger partial charge is 0.493 e. The number of ether oxygens (including phenoxy) is 2. The molecule has 9 heteroatoms. The first-order valence-electron chi connectivity index (χ1n) is 7.71. The quantitative estimate of drug-likeness (QED) is 0.650. The zero-order valence-corrected chi connectivity index (χ0v) is 15.2. The summed E-state index contributed by atoms with van der Waals surface area (Å²) >= 11 is 1.22. The molecule has 3 rings (SSSR count).